The second kappa shape index (κ2) is 4.72. The number of aliphatic hydroxyl groups is 1. The van der Waals surface area contributed by atoms with Gasteiger partial charge in [-0.05, 0) is 19.4 Å². The summed E-state index contributed by atoms with van der Waals surface area (Å²) in [6, 6.07) is 0. The van der Waals surface area contributed by atoms with E-state index in [-0.39, 0.29) is 17.5 Å². The molecule has 1 unspecified atom stereocenters. The van der Waals surface area contributed by atoms with E-state index in [1.807, 2.05) is 6.92 Å². The predicted molar refractivity (Wildman–Crippen MR) is 45.4 cm³/mol. The molecule has 0 fully saturated rings. The van der Waals surface area contributed by atoms with Gasteiger partial charge >= 0.3 is 0 Å². The lowest BCUT2D eigenvalue weighted by molar-refractivity contribution is -0.120. The Morgan fingerprint density at radius 3 is 2.64 bits per heavy atom. The van der Waals surface area contributed by atoms with Crippen LogP contribution in [0.2, 0.25) is 0 Å². The first-order valence-corrected chi connectivity index (χ1v) is 3.59. The van der Waals surface area contributed by atoms with E-state index in [0.717, 1.165) is 0 Å². The zero-order valence-electron chi connectivity index (χ0n) is 7.00. The van der Waals surface area contributed by atoms with Gasteiger partial charge in [-0.25, -0.2) is 0 Å². The number of ketones is 1. The highest BCUT2D eigenvalue weighted by atomic mass is 16.3. The van der Waals surface area contributed by atoms with Gasteiger partial charge in [0.1, 0.15) is 11.5 Å². The first-order chi connectivity index (χ1) is 5.04. The second-order valence-electron chi connectivity index (χ2n) is 2.64. The highest BCUT2D eigenvalue weighted by molar-refractivity contribution is 5.77. The van der Waals surface area contributed by atoms with E-state index >= 15 is 0 Å². The Morgan fingerprint density at radius 1 is 1.73 bits per heavy atom. The first kappa shape index (κ1) is 9.95. The molecule has 0 aliphatic rings. The summed E-state index contributed by atoms with van der Waals surface area (Å²) in [5.74, 6) is 0.226. The van der Waals surface area contributed by atoms with Gasteiger partial charge in [0.05, 0.1) is 0 Å². The van der Waals surface area contributed by atoms with Gasteiger partial charge < -0.3 is 5.11 Å². The van der Waals surface area contributed by atoms with Crippen LogP contribution >= 0.6 is 0 Å². The molecule has 2 nitrogen and oxygen atoms in total. The van der Waals surface area contributed by atoms with Crippen LogP contribution in [-0.4, -0.2) is 10.9 Å². The SMILES string of the molecule is C=C(O)/C=C\CC(C)C(C)=O. The van der Waals surface area contributed by atoms with E-state index in [0.29, 0.717) is 6.42 Å². The van der Waals surface area contributed by atoms with Crippen LogP contribution in [0.4, 0.5) is 0 Å². The molecule has 0 aliphatic heterocycles. The van der Waals surface area contributed by atoms with Crippen LogP contribution in [0.15, 0.2) is 24.5 Å². The van der Waals surface area contributed by atoms with Crippen LogP contribution in [0.5, 0.6) is 0 Å². The van der Waals surface area contributed by atoms with E-state index in [9.17, 15) is 4.79 Å². The summed E-state index contributed by atoms with van der Waals surface area (Å²) in [4.78, 5) is 10.7. The van der Waals surface area contributed by atoms with Gasteiger partial charge in [-0.1, -0.05) is 19.6 Å². The molecule has 0 aromatic carbocycles. The molecule has 0 saturated carbocycles. The summed E-state index contributed by atoms with van der Waals surface area (Å²) >= 11 is 0. The van der Waals surface area contributed by atoms with Crippen LogP contribution in [0.25, 0.3) is 0 Å². The van der Waals surface area contributed by atoms with E-state index < -0.39 is 0 Å². The molecule has 0 heterocycles. The molecule has 0 aromatic heterocycles. The summed E-state index contributed by atoms with van der Waals surface area (Å²) in [5, 5.41) is 8.64. The first-order valence-electron chi connectivity index (χ1n) is 3.59. The molecule has 1 N–H and O–H groups in total. The number of hydrogen-bond acceptors (Lipinski definition) is 2. The van der Waals surface area contributed by atoms with Crippen LogP contribution in [0.1, 0.15) is 20.3 Å². The van der Waals surface area contributed by atoms with Gasteiger partial charge in [0.25, 0.3) is 0 Å². The van der Waals surface area contributed by atoms with Gasteiger partial charge in [-0.2, -0.15) is 0 Å². The fraction of sp³-hybridized carbons (Fsp3) is 0.444. The van der Waals surface area contributed by atoms with E-state index in [1.54, 1.807) is 13.0 Å². The van der Waals surface area contributed by atoms with Crippen molar-refractivity contribution in [1.82, 2.24) is 0 Å². The molecule has 0 amide bonds. The second-order valence-corrected chi connectivity index (χ2v) is 2.64. The third-order valence-corrected chi connectivity index (χ3v) is 1.49. The highest BCUT2D eigenvalue weighted by Crippen LogP contribution is 2.04. The maximum Gasteiger partial charge on any atom is 0.132 e. The standard InChI is InChI=1S/C9H14O2/c1-7(9(3)11)5-4-6-8(2)10/h4,6-7,10H,2,5H2,1,3H3/b6-4-. The molecule has 0 bridgehead atoms. The average Bonchev–Trinajstić information content (AvgIpc) is 1.86. The molecule has 0 aromatic rings. The lowest BCUT2D eigenvalue weighted by Crippen LogP contribution is -2.03. The maximum absolute atomic E-state index is 10.7. The van der Waals surface area contributed by atoms with E-state index in [1.165, 1.54) is 6.08 Å². The summed E-state index contributed by atoms with van der Waals surface area (Å²) in [7, 11) is 0. The normalized spacial score (nSPS) is 13.3. The Balaban J connectivity index is 3.70. The molecule has 0 radical (unpaired) electrons. The summed E-state index contributed by atoms with van der Waals surface area (Å²) in [6.45, 7) is 6.70. The van der Waals surface area contributed by atoms with Crippen molar-refractivity contribution in [3.63, 3.8) is 0 Å². The highest BCUT2D eigenvalue weighted by Gasteiger charge is 2.03. The monoisotopic (exact) mass is 154 g/mol. The fourth-order valence-electron chi connectivity index (χ4n) is 0.574. The Labute approximate surface area is 67.2 Å². The Kier molecular flexibility index (Phi) is 4.27. The molecule has 0 aliphatic carbocycles. The molecule has 1 atom stereocenters. The predicted octanol–water partition coefficient (Wildman–Crippen LogP) is 2.23. The Hall–Kier alpha value is -1.05. The summed E-state index contributed by atoms with van der Waals surface area (Å²) < 4.78 is 0. The van der Waals surface area contributed by atoms with Gasteiger partial charge in [0.15, 0.2) is 0 Å². The number of aliphatic hydroxyl groups excluding tert-OH is 1. The zero-order valence-corrected chi connectivity index (χ0v) is 7.00. The van der Waals surface area contributed by atoms with Crippen molar-refractivity contribution in [3.05, 3.63) is 24.5 Å². The van der Waals surface area contributed by atoms with Crippen LogP contribution in [0, 0.1) is 5.92 Å². The Bertz CT molecular complexity index is 180. The van der Waals surface area contributed by atoms with Crippen molar-refractivity contribution in [2.24, 2.45) is 5.92 Å². The Morgan fingerprint density at radius 2 is 2.27 bits per heavy atom. The largest absolute Gasteiger partial charge is 0.509 e. The van der Waals surface area contributed by atoms with Crippen LogP contribution in [0.3, 0.4) is 0 Å². The lowest BCUT2D eigenvalue weighted by atomic mass is 10.0. The third-order valence-electron chi connectivity index (χ3n) is 1.49. The number of carbonyl (C=O) groups excluding carboxylic acids is 1. The fourth-order valence-corrected chi connectivity index (χ4v) is 0.574. The van der Waals surface area contributed by atoms with E-state index in [2.05, 4.69) is 6.58 Å². The topological polar surface area (TPSA) is 37.3 Å². The molecule has 0 rings (SSSR count). The lowest BCUT2D eigenvalue weighted by Gasteiger charge is -2.00. The van der Waals surface area contributed by atoms with Crippen molar-refractivity contribution in [2.45, 2.75) is 20.3 Å². The number of carbonyl (C=O) groups is 1. The number of Topliss-reactive ketones (excluding diaryl/α,β-unsaturated/α-hetero) is 1. The van der Waals surface area contributed by atoms with Crippen molar-refractivity contribution in [3.8, 4) is 0 Å². The maximum atomic E-state index is 10.7. The summed E-state index contributed by atoms with van der Waals surface area (Å²) in [6.07, 6.45) is 3.91. The molecule has 2 heteroatoms. The minimum Gasteiger partial charge on any atom is -0.509 e. The van der Waals surface area contributed by atoms with Crippen LogP contribution in [-0.2, 0) is 4.79 Å². The number of rotatable bonds is 4. The quantitative estimate of drug-likeness (QED) is 0.498. The van der Waals surface area contributed by atoms with Gasteiger partial charge in [0, 0.05) is 5.92 Å². The molecule has 62 valence electrons. The summed E-state index contributed by atoms with van der Waals surface area (Å²) in [5.41, 5.74) is 0. The van der Waals surface area contributed by atoms with Crippen molar-refractivity contribution < 1.29 is 9.90 Å². The van der Waals surface area contributed by atoms with Gasteiger partial charge in [-0.15, -0.1) is 0 Å². The zero-order chi connectivity index (χ0) is 8.85. The van der Waals surface area contributed by atoms with Crippen LogP contribution < -0.4 is 0 Å². The molecule has 0 spiro atoms. The van der Waals surface area contributed by atoms with Crippen molar-refractivity contribution in [2.75, 3.05) is 0 Å². The number of allylic oxidation sites excluding steroid dienone is 2. The molecular weight excluding hydrogens is 140 g/mol. The minimum atomic E-state index is 0.0285. The smallest absolute Gasteiger partial charge is 0.132 e. The molecule has 0 saturated heterocycles. The van der Waals surface area contributed by atoms with Crippen molar-refractivity contribution >= 4 is 5.78 Å². The molecular formula is C9H14O2. The third kappa shape index (κ3) is 5.40. The average molecular weight is 154 g/mol. The van der Waals surface area contributed by atoms with Crippen molar-refractivity contribution in [1.29, 1.82) is 0 Å². The van der Waals surface area contributed by atoms with Gasteiger partial charge in [-0.3, -0.25) is 4.79 Å². The number of hydrogen-bond donors (Lipinski definition) is 1. The van der Waals surface area contributed by atoms with Gasteiger partial charge in [0.2, 0.25) is 0 Å². The van der Waals surface area contributed by atoms with E-state index in [4.69, 9.17) is 5.11 Å². The minimum absolute atomic E-state index is 0.0285. The molecule has 11 heavy (non-hydrogen) atoms.